The van der Waals surface area contributed by atoms with E-state index in [1.807, 2.05) is 13.8 Å². The molecule has 166 valence electrons. The molecule has 31 heavy (non-hydrogen) atoms. The van der Waals surface area contributed by atoms with Gasteiger partial charge in [0.2, 0.25) is 0 Å². The highest BCUT2D eigenvalue weighted by molar-refractivity contribution is 5.85. The maximum Gasteiger partial charge on any atom is 0.319 e. The van der Waals surface area contributed by atoms with E-state index in [0.717, 1.165) is 6.07 Å². The van der Waals surface area contributed by atoms with Crippen LogP contribution in [0.15, 0.2) is 42.7 Å². The third-order valence-corrected chi connectivity index (χ3v) is 4.52. The van der Waals surface area contributed by atoms with Crippen molar-refractivity contribution in [2.75, 3.05) is 11.1 Å². The van der Waals surface area contributed by atoms with E-state index in [1.165, 1.54) is 12.1 Å². The Morgan fingerprint density at radius 3 is 2.71 bits per heavy atom. The predicted molar refractivity (Wildman–Crippen MR) is 119 cm³/mol. The van der Waals surface area contributed by atoms with Gasteiger partial charge in [-0.3, -0.25) is 0 Å². The largest absolute Gasteiger partial charge is 0.461 e. The second kappa shape index (κ2) is 8.13. The topological polar surface area (TPSA) is 103 Å². The Labute approximate surface area is 181 Å². The molecule has 0 spiro atoms. The highest BCUT2D eigenvalue weighted by Gasteiger charge is 2.19. The standard InChI is InChI=1S/C21H21F2N7O.3H2/c1-11(2)31-21-27-16(18-19(24)29-30-8-4-7-25-20(18)30)10-17(28-21)26-12(3)14-6-5-13(22)9-15(14)23;;;/h4-12H,1-3H3,(H2,24,29)(H,26,27,28);3*1H/t12-;;;/m0.../s1. The van der Waals surface area contributed by atoms with E-state index < -0.39 is 17.7 Å². The van der Waals surface area contributed by atoms with Crippen LogP contribution in [0.4, 0.5) is 20.4 Å². The van der Waals surface area contributed by atoms with Crippen LogP contribution in [0.1, 0.15) is 36.7 Å². The van der Waals surface area contributed by atoms with Crippen molar-refractivity contribution in [1.29, 1.82) is 0 Å². The first-order valence-corrected chi connectivity index (χ1v) is 9.68. The average Bonchev–Trinajstić information content (AvgIpc) is 3.02. The first-order chi connectivity index (χ1) is 14.8. The first-order valence-electron chi connectivity index (χ1n) is 9.68. The van der Waals surface area contributed by atoms with E-state index in [2.05, 4.69) is 25.4 Å². The van der Waals surface area contributed by atoms with Gasteiger partial charge in [0, 0.05) is 34.4 Å². The minimum absolute atomic E-state index is 0. The molecule has 0 aliphatic rings. The van der Waals surface area contributed by atoms with E-state index in [9.17, 15) is 8.78 Å². The Kier molecular flexibility index (Phi) is 5.37. The molecule has 3 N–H and O–H groups in total. The van der Waals surface area contributed by atoms with Crippen molar-refractivity contribution in [2.45, 2.75) is 32.9 Å². The maximum atomic E-state index is 14.2. The summed E-state index contributed by atoms with van der Waals surface area (Å²) >= 11 is 0. The van der Waals surface area contributed by atoms with Gasteiger partial charge in [-0.2, -0.15) is 9.97 Å². The average molecular weight is 431 g/mol. The number of nitrogen functional groups attached to an aromatic ring is 1. The molecule has 0 fully saturated rings. The lowest BCUT2D eigenvalue weighted by atomic mass is 10.1. The van der Waals surface area contributed by atoms with Crippen LogP contribution in [0.3, 0.4) is 0 Å². The summed E-state index contributed by atoms with van der Waals surface area (Å²) in [4.78, 5) is 13.2. The molecule has 0 radical (unpaired) electrons. The van der Waals surface area contributed by atoms with Crippen LogP contribution in [0.5, 0.6) is 6.01 Å². The van der Waals surface area contributed by atoms with Crippen molar-refractivity contribution >= 4 is 17.3 Å². The fraction of sp³-hybridized carbons (Fsp3) is 0.238. The number of nitrogens with one attached hydrogen (secondary N) is 1. The van der Waals surface area contributed by atoms with Gasteiger partial charge in [-0.25, -0.2) is 18.3 Å². The molecule has 1 atom stereocenters. The van der Waals surface area contributed by atoms with Gasteiger partial charge in [-0.1, -0.05) is 6.07 Å². The summed E-state index contributed by atoms with van der Waals surface area (Å²) in [6.07, 6.45) is 3.19. The Morgan fingerprint density at radius 1 is 1.16 bits per heavy atom. The van der Waals surface area contributed by atoms with E-state index in [1.54, 1.807) is 36.0 Å². The minimum atomic E-state index is -0.649. The van der Waals surface area contributed by atoms with Crippen LogP contribution in [-0.4, -0.2) is 30.7 Å². The Bertz CT molecular complexity index is 1260. The van der Waals surface area contributed by atoms with Gasteiger partial charge >= 0.3 is 6.01 Å². The summed E-state index contributed by atoms with van der Waals surface area (Å²) in [7, 11) is 0. The van der Waals surface area contributed by atoms with Crippen molar-refractivity contribution in [2.24, 2.45) is 0 Å². The molecule has 0 aliphatic carbocycles. The predicted octanol–water partition coefficient (Wildman–Crippen LogP) is 4.75. The van der Waals surface area contributed by atoms with Crippen molar-refractivity contribution in [3.8, 4) is 17.3 Å². The number of fused-ring (bicyclic) bond motifs is 1. The van der Waals surface area contributed by atoms with Gasteiger partial charge < -0.3 is 15.8 Å². The SMILES string of the molecule is CC(C)Oc1nc(N[C@@H](C)c2ccc(F)cc2F)cc(-c2c(N)nn3cccnc23)n1.[HH].[HH].[HH]. The van der Waals surface area contributed by atoms with Crippen molar-refractivity contribution < 1.29 is 17.8 Å². The first kappa shape index (κ1) is 20.5. The zero-order chi connectivity index (χ0) is 22.1. The summed E-state index contributed by atoms with van der Waals surface area (Å²) < 4.78 is 34.7. The van der Waals surface area contributed by atoms with Crippen LogP contribution in [0, 0.1) is 11.6 Å². The molecule has 0 saturated carbocycles. The number of ether oxygens (including phenoxy) is 1. The lowest BCUT2D eigenvalue weighted by Gasteiger charge is -2.17. The number of anilines is 2. The molecule has 4 aromatic rings. The van der Waals surface area contributed by atoms with Gasteiger partial charge in [-0.15, -0.1) is 5.10 Å². The normalized spacial score (nSPS) is 12.3. The third-order valence-electron chi connectivity index (χ3n) is 4.52. The molecule has 4 rings (SSSR count). The number of aromatic nitrogens is 5. The number of benzene rings is 1. The summed E-state index contributed by atoms with van der Waals surface area (Å²) in [6.45, 7) is 5.45. The molecule has 0 amide bonds. The zero-order valence-electron chi connectivity index (χ0n) is 17.2. The highest BCUT2D eigenvalue weighted by atomic mass is 19.1. The lowest BCUT2D eigenvalue weighted by Crippen LogP contribution is -2.13. The fourth-order valence-corrected chi connectivity index (χ4v) is 3.19. The molecule has 0 aliphatic heterocycles. The van der Waals surface area contributed by atoms with Crippen LogP contribution in [0.25, 0.3) is 16.9 Å². The fourth-order valence-electron chi connectivity index (χ4n) is 3.19. The van der Waals surface area contributed by atoms with Gasteiger partial charge in [0.1, 0.15) is 17.5 Å². The van der Waals surface area contributed by atoms with Crippen LogP contribution < -0.4 is 15.8 Å². The number of hydrogen-bond acceptors (Lipinski definition) is 7. The van der Waals surface area contributed by atoms with Crippen LogP contribution in [-0.2, 0) is 0 Å². The summed E-state index contributed by atoms with van der Waals surface area (Å²) in [5.74, 6) is -0.659. The summed E-state index contributed by atoms with van der Waals surface area (Å²) in [6, 6.07) is 6.46. The molecule has 8 nitrogen and oxygen atoms in total. The summed E-state index contributed by atoms with van der Waals surface area (Å²) in [5, 5.41) is 7.38. The van der Waals surface area contributed by atoms with Gasteiger partial charge in [0.25, 0.3) is 0 Å². The van der Waals surface area contributed by atoms with E-state index in [4.69, 9.17) is 10.5 Å². The molecule has 0 saturated heterocycles. The molecule has 10 heteroatoms. The number of rotatable bonds is 6. The number of halogens is 2. The minimum Gasteiger partial charge on any atom is -0.461 e. The van der Waals surface area contributed by atoms with Gasteiger partial charge in [0.05, 0.1) is 23.4 Å². The molecule has 3 aromatic heterocycles. The lowest BCUT2D eigenvalue weighted by molar-refractivity contribution is 0.223. The molecule has 0 bridgehead atoms. The molecular formula is C21H27F2N7O. The number of nitrogens with two attached hydrogens (primary N) is 1. The zero-order valence-corrected chi connectivity index (χ0v) is 17.2. The van der Waals surface area contributed by atoms with Crippen LogP contribution >= 0.6 is 0 Å². The highest BCUT2D eigenvalue weighted by Crippen LogP contribution is 2.31. The van der Waals surface area contributed by atoms with Crippen LogP contribution in [0.2, 0.25) is 0 Å². The van der Waals surface area contributed by atoms with E-state index >= 15 is 0 Å². The quantitative estimate of drug-likeness (QED) is 0.454. The maximum absolute atomic E-state index is 14.2. The number of nitrogens with zero attached hydrogens (tertiary/aromatic N) is 5. The van der Waals surface area contributed by atoms with E-state index in [0.29, 0.717) is 28.3 Å². The molecular weight excluding hydrogens is 404 g/mol. The van der Waals surface area contributed by atoms with Crippen molar-refractivity contribution in [3.05, 3.63) is 59.9 Å². The monoisotopic (exact) mass is 431 g/mol. The van der Waals surface area contributed by atoms with Gasteiger partial charge in [-0.05, 0) is 32.9 Å². The Morgan fingerprint density at radius 2 is 1.97 bits per heavy atom. The number of hydrogen-bond donors (Lipinski definition) is 2. The smallest absolute Gasteiger partial charge is 0.319 e. The Balaban J connectivity index is 0.00000193. The van der Waals surface area contributed by atoms with Gasteiger partial charge in [0.15, 0.2) is 11.5 Å². The molecule has 3 heterocycles. The van der Waals surface area contributed by atoms with Crippen molar-refractivity contribution in [3.63, 3.8) is 0 Å². The second-order valence-electron chi connectivity index (χ2n) is 7.27. The molecule has 0 unspecified atom stereocenters. The van der Waals surface area contributed by atoms with Crippen molar-refractivity contribution in [1.82, 2.24) is 24.6 Å². The summed E-state index contributed by atoms with van der Waals surface area (Å²) in [5.41, 5.74) is 7.93. The Hall–Kier alpha value is -3.82. The second-order valence-corrected chi connectivity index (χ2v) is 7.27. The third kappa shape index (κ3) is 4.23. The molecule has 1 aromatic carbocycles. The van der Waals surface area contributed by atoms with E-state index in [-0.39, 0.29) is 22.2 Å².